The van der Waals surface area contributed by atoms with Gasteiger partial charge in [-0.15, -0.1) is 5.75 Å². The molecule has 0 spiro atoms. The normalized spacial score (nSPS) is 11.0. The molecule has 0 bridgehead atoms. The number of imidazole rings is 2. The van der Waals surface area contributed by atoms with Crippen LogP contribution in [0.15, 0.2) is 160 Å². The van der Waals surface area contributed by atoms with Crippen LogP contribution in [0.3, 0.4) is 0 Å². The Bertz CT molecular complexity index is 2820. The zero-order chi connectivity index (χ0) is 35.9. The Kier molecular flexibility index (Phi) is 8.97. The van der Waals surface area contributed by atoms with Crippen LogP contribution in [-0.2, 0) is 0 Å². The number of benzene rings is 7. The summed E-state index contributed by atoms with van der Waals surface area (Å²) in [5.41, 5.74) is 7.41. The molecule has 54 heavy (non-hydrogen) atoms. The summed E-state index contributed by atoms with van der Waals surface area (Å²) in [7, 11) is 0. The van der Waals surface area contributed by atoms with Crippen molar-refractivity contribution in [2.24, 2.45) is 0 Å². The maximum Gasteiger partial charge on any atom is 3.00 e. The second-order valence-electron chi connectivity index (χ2n) is 12.4. The fourth-order valence-corrected chi connectivity index (χ4v) is 6.46. The molecule has 11 rings (SSSR count). The number of nitrogens with zero attached hydrogens (tertiary/aromatic N) is 2. The first-order valence-corrected chi connectivity index (χ1v) is 16.9. The first-order chi connectivity index (χ1) is 26.0. The maximum atomic E-state index is 12.5. The molecule has 9 nitrogen and oxygen atoms in total. The Hall–Kier alpha value is -6.99. The van der Waals surface area contributed by atoms with Crippen LogP contribution in [0.4, 0.5) is 0 Å². The Balaban J connectivity index is 0.000000128. The van der Waals surface area contributed by atoms with Crippen LogP contribution in [-0.4, -0.2) is 37.3 Å². The summed E-state index contributed by atoms with van der Waals surface area (Å²) in [5, 5.41) is 39.1. The summed E-state index contributed by atoms with van der Waals surface area (Å²) < 4.78 is 11.5. The van der Waals surface area contributed by atoms with E-state index in [2.05, 4.69) is 19.9 Å². The molecule has 7 aromatic carbocycles. The van der Waals surface area contributed by atoms with E-state index < -0.39 is 0 Å². The van der Waals surface area contributed by atoms with E-state index in [0.717, 1.165) is 54.8 Å². The minimum atomic E-state index is -0.101. The van der Waals surface area contributed by atoms with E-state index >= 15 is 0 Å². The number of hydrogen-bond acceptors (Lipinski definition) is 7. The van der Waals surface area contributed by atoms with E-state index in [0.29, 0.717) is 33.9 Å². The second kappa shape index (κ2) is 14.2. The molecule has 0 aliphatic carbocycles. The first kappa shape index (κ1) is 34.1. The van der Waals surface area contributed by atoms with Gasteiger partial charge in [0.05, 0.1) is 22.1 Å². The van der Waals surface area contributed by atoms with Crippen LogP contribution in [0, 0.1) is 0 Å². The molecular weight excluding hydrogens is 691 g/mol. The third-order valence-corrected chi connectivity index (χ3v) is 8.99. The quantitative estimate of drug-likeness (QED) is 0.169. The molecule has 0 aliphatic heterocycles. The third-order valence-electron chi connectivity index (χ3n) is 8.99. The number of nitrogens with one attached hydrogen (secondary N) is 2. The summed E-state index contributed by atoms with van der Waals surface area (Å²) in [6, 6.07) is 46.2. The molecule has 0 aliphatic rings. The van der Waals surface area contributed by atoms with Gasteiger partial charge in [0.1, 0.15) is 34.0 Å². The van der Waals surface area contributed by atoms with Crippen molar-refractivity contribution in [1.82, 2.24) is 19.9 Å². The number of para-hydroxylation sites is 7. The number of aromatic amines is 2. The number of hydrogen-bond donors (Lipinski definition) is 2. The summed E-state index contributed by atoms with van der Waals surface area (Å²) in [6.45, 7) is 0. The van der Waals surface area contributed by atoms with Crippen molar-refractivity contribution < 1.29 is 24.2 Å². The molecule has 0 radical (unpaired) electrons. The summed E-state index contributed by atoms with van der Waals surface area (Å²) in [6.07, 6.45) is 0. The zero-order valence-corrected chi connectivity index (χ0v) is 29.6. The van der Waals surface area contributed by atoms with Gasteiger partial charge in [0.15, 0.2) is 0 Å². The average Bonchev–Trinajstić information content (AvgIpc) is 3.97. The van der Waals surface area contributed by atoms with Crippen LogP contribution in [0.1, 0.15) is 0 Å². The Morgan fingerprint density at radius 2 is 0.815 bits per heavy atom. The van der Waals surface area contributed by atoms with Crippen molar-refractivity contribution >= 4 is 83.3 Å². The van der Waals surface area contributed by atoms with Gasteiger partial charge < -0.3 is 34.1 Å². The van der Waals surface area contributed by atoms with E-state index in [1.54, 1.807) is 12.1 Å². The van der Waals surface area contributed by atoms with Gasteiger partial charge in [-0.2, -0.15) is 0 Å². The molecule has 4 heterocycles. The van der Waals surface area contributed by atoms with Crippen LogP contribution in [0.2, 0.25) is 0 Å². The van der Waals surface area contributed by atoms with Gasteiger partial charge in [0, 0.05) is 32.7 Å². The Morgan fingerprint density at radius 1 is 0.407 bits per heavy atom. The minimum absolute atomic E-state index is 0. The molecule has 0 amide bonds. The van der Waals surface area contributed by atoms with Crippen molar-refractivity contribution in [3.05, 3.63) is 152 Å². The zero-order valence-electron chi connectivity index (χ0n) is 28.4. The largest absolute Gasteiger partial charge is 3.00 e. The van der Waals surface area contributed by atoms with Crippen molar-refractivity contribution in [3.8, 4) is 40.0 Å². The second-order valence-corrected chi connectivity index (χ2v) is 12.4. The predicted molar refractivity (Wildman–Crippen MR) is 208 cm³/mol. The first-order valence-electron chi connectivity index (χ1n) is 16.9. The van der Waals surface area contributed by atoms with Gasteiger partial charge >= 0.3 is 17.4 Å². The monoisotopic (exact) mass is 718 g/mol. The van der Waals surface area contributed by atoms with Crippen LogP contribution >= 0.6 is 0 Å². The maximum absolute atomic E-state index is 12.5. The molecule has 256 valence electrons. The van der Waals surface area contributed by atoms with Gasteiger partial charge in [0.2, 0.25) is 0 Å². The summed E-state index contributed by atoms with van der Waals surface area (Å²) in [5.74, 6) is 1.04. The molecule has 0 atom stereocenters. The number of aromatic nitrogens is 4. The van der Waals surface area contributed by atoms with E-state index in [-0.39, 0.29) is 34.6 Å². The van der Waals surface area contributed by atoms with E-state index in [1.807, 2.05) is 115 Å². The van der Waals surface area contributed by atoms with Crippen molar-refractivity contribution in [2.75, 3.05) is 0 Å². The van der Waals surface area contributed by atoms with Crippen LogP contribution in [0.25, 0.3) is 88.7 Å². The summed E-state index contributed by atoms with van der Waals surface area (Å²) in [4.78, 5) is 15.5. The fourth-order valence-electron chi connectivity index (χ4n) is 6.46. The van der Waals surface area contributed by atoms with Gasteiger partial charge in [0.25, 0.3) is 0 Å². The van der Waals surface area contributed by atoms with E-state index in [1.165, 1.54) is 24.3 Å². The van der Waals surface area contributed by atoms with Gasteiger partial charge in [-0.05, 0) is 60.7 Å². The number of rotatable bonds is 2. The van der Waals surface area contributed by atoms with Crippen LogP contribution in [0.5, 0.6) is 17.2 Å². The van der Waals surface area contributed by atoms with Crippen molar-refractivity contribution in [1.29, 1.82) is 0 Å². The van der Waals surface area contributed by atoms with Crippen LogP contribution < -0.4 is 15.3 Å². The molecule has 0 saturated carbocycles. The molecule has 0 fully saturated rings. The van der Waals surface area contributed by atoms with E-state index in [4.69, 9.17) is 8.83 Å². The molecule has 0 saturated heterocycles. The molecular formula is C44H27AlN4O5. The summed E-state index contributed by atoms with van der Waals surface area (Å²) >= 11 is 0. The predicted octanol–water partition coefficient (Wildman–Crippen LogP) is 8.79. The van der Waals surface area contributed by atoms with Crippen molar-refractivity contribution in [3.63, 3.8) is 0 Å². The number of fused-ring (bicyclic) bond motifs is 8. The van der Waals surface area contributed by atoms with Gasteiger partial charge in [-0.25, -0.2) is 9.97 Å². The SMILES string of the molecule is [Al+3].[O-]c1cc2oc3ccccc3c2cc1-c1nc2ccccc2[nH]1.[O-]c1cc2oc3ccccc3c2cc1-c1nc2ccccc2[nH]1.[O-]c1ccccc1. The minimum Gasteiger partial charge on any atom is -0.872 e. The van der Waals surface area contributed by atoms with Gasteiger partial charge in [-0.3, -0.25) is 0 Å². The fraction of sp³-hybridized carbons (Fsp3) is 0. The number of H-pyrrole nitrogens is 2. The third kappa shape index (κ3) is 6.37. The topological polar surface area (TPSA) is 153 Å². The number of furan rings is 2. The average molecular weight is 719 g/mol. The molecule has 4 aromatic heterocycles. The van der Waals surface area contributed by atoms with Crippen molar-refractivity contribution in [2.45, 2.75) is 0 Å². The molecule has 0 unspecified atom stereocenters. The molecule has 2 N–H and O–H groups in total. The van der Waals surface area contributed by atoms with E-state index in [9.17, 15) is 15.3 Å². The standard InChI is InChI=1S/2C19H12N2O2.C6H6O.Al/c2*22-16-10-18-12(11-5-1-4-8-17(11)23-18)9-13(16)19-20-14-6-2-3-7-15(14)21-19;7-6-4-2-1-3-5-6;/h2*1-10,22H,(H,20,21);1-5,7H;/q;;;+3/p-3. The smallest absolute Gasteiger partial charge is 0.872 e. The Morgan fingerprint density at radius 3 is 1.24 bits per heavy atom. The Labute approximate surface area is 317 Å². The molecule has 11 aromatic rings. The van der Waals surface area contributed by atoms with Gasteiger partial charge in [-0.1, -0.05) is 102 Å². The molecule has 10 heteroatoms.